The Morgan fingerprint density at radius 1 is 1.26 bits per heavy atom. The van der Waals surface area contributed by atoms with Gasteiger partial charge in [0.2, 0.25) is 0 Å². The van der Waals surface area contributed by atoms with Crippen molar-refractivity contribution in [2.75, 3.05) is 5.32 Å². The van der Waals surface area contributed by atoms with Gasteiger partial charge in [-0.1, -0.05) is 13.8 Å². The number of ketones is 1. The standard InChI is InChI=1S/C23H24F3N3O2/c1-22(2)9-18-21(20(31)10-22)15(23(24,25)26)12-29(18)14-7-6-13(11-27)17(8-14)28-16-4-3-5-19(16)30/h6-8,12,16,19,28,30H,3-5,9-10H2,1-2H3/t16-,19-/m1/s1. The largest absolute Gasteiger partial charge is 0.418 e. The number of rotatable bonds is 3. The van der Waals surface area contributed by atoms with Crippen LogP contribution in [0.1, 0.15) is 66.7 Å². The highest BCUT2D eigenvalue weighted by molar-refractivity contribution is 6.00. The van der Waals surface area contributed by atoms with E-state index in [9.17, 15) is 28.3 Å². The smallest absolute Gasteiger partial charge is 0.391 e. The minimum atomic E-state index is -4.64. The third-order valence-corrected chi connectivity index (χ3v) is 6.20. The van der Waals surface area contributed by atoms with Crippen molar-refractivity contribution in [3.05, 3.63) is 46.8 Å². The van der Waals surface area contributed by atoms with Gasteiger partial charge in [0.15, 0.2) is 5.78 Å². The van der Waals surface area contributed by atoms with Crippen LogP contribution in [-0.4, -0.2) is 27.6 Å². The molecular weight excluding hydrogens is 407 g/mol. The van der Waals surface area contributed by atoms with E-state index in [2.05, 4.69) is 11.4 Å². The zero-order valence-electron chi connectivity index (χ0n) is 17.4. The van der Waals surface area contributed by atoms with Crippen molar-refractivity contribution in [3.8, 4) is 11.8 Å². The van der Waals surface area contributed by atoms with Gasteiger partial charge in [-0.05, 0) is 49.3 Å². The number of carbonyl (C=O) groups excluding carboxylic acids is 1. The quantitative estimate of drug-likeness (QED) is 0.728. The van der Waals surface area contributed by atoms with Gasteiger partial charge in [0.05, 0.1) is 34.5 Å². The van der Waals surface area contributed by atoms with Crippen molar-refractivity contribution in [2.45, 2.75) is 64.3 Å². The van der Waals surface area contributed by atoms with E-state index in [0.29, 0.717) is 35.5 Å². The normalized spacial score (nSPS) is 22.8. The fraction of sp³-hybridized carbons (Fsp3) is 0.478. The predicted molar refractivity (Wildman–Crippen MR) is 109 cm³/mol. The van der Waals surface area contributed by atoms with Crippen LogP contribution in [0.5, 0.6) is 0 Å². The number of aliphatic hydroxyl groups excluding tert-OH is 1. The lowest BCUT2D eigenvalue weighted by atomic mass is 9.75. The molecule has 4 rings (SSSR count). The number of nitriles is 1. The molecular formula is C23H24F3N3O2. The number of halogens is 3. The number of benzene rings is 1. The first-order chi connectivity index (χ1) is 14.5. The van der Waals surface area contributed by atoms with Crippen LogP contribution in [0.3, 0.4) is 0 Å². The van der Waals surface area contributed by atoms with Crippen molar-refractivity contribution in [1.82, 2.24) is 4.57 Å². The van der Waals surface area contributed by atoms with Gasteiger partial charge >= 0.3 is 6.18 Å². The van der Waals surface area contributed by atoms with E-state index in [-0.39, 0.29) is 18.0 Å². The highest BCUT2D eigenvalue weighted by atomic mass is 19.4. The molecule has 5 nitrogen and oxygen atoms in total. The minimum Gasteiger partial charge on any atom is -0.391 e. The Morgan fingerprint density at radius 3 is 2.61 bits per heavy atom. The molecule has 1 aromatic heterocycles. The number of carbonyl (C=O) groups is 1. The fourth-order valence-electron chi connectivity index (χ4n) is 4.72. The van der Waals surface area contributed by atoms with Gasteiger partial charge in [-0.3, -0.25) is 4.79 Å². The highest BCUT2D eigenvalue weighted by Gasteiger charge is 2.43. The molecule has 2 atom stereocenters. The number of fused-ring (bicyclic) bond motifs is 1. The molecule has 1 heterocycles. The summed E-state index contributed by atoms with van der Waals surface area (Å²) in [5.74, 6) is -0.501. The first kappa shape index (κ1) is 21.4. The summed E-state index contributed by atoms with van der Waals surface area (Å²) < 4.78 is 42.6. The monoisotopic (exact) mass is 431 g/mol. The lowest BCUT2D eigenvalue weighted by molar-refractivity contribution is -0.137. The van der Waals surface area contributed by atoms with Crippen LogP contribution in [0.15, 0.2) is 24.4 Å². The second kappa shape index (κ2) is 7.41. The number of aliphatic hydroxyl groups is 1. The zero-order chi connectivity index (χ0) is 22.6. The van der Waals surface area contributed by atoms with Crippen molar-refractivity contribution >= 4 is 11.5 Å². The number of hydrogen-bond acceptors (Lipinski definition) is 4. The summed E-state index contributed by atoms with van der Waals surface area (Å²) in [7, 11) is 0. The van der Waals surface area contributed by atoms with E-state index in [4.69, 9.17) is 0 Å². The second-order valence-electron chi connectivity index (χ2n) is 9.26. The van der Waals surface area contributed by atoms with Gasteiger partial charge in [0.1, 0.15) is 6.07 Å². The SMILES string of the molecule is CC1(C)CC(=O)c2c(C(F)(F)F)cn(-c3ccc(C#N)c(N[C@@H]4CCC[C@H]4O)c3)c2C1. The maximum atomic E-state index is 13.7. The predicted octanol–water partition coefficient (Wildman–Crippen LogP) is 4.85. The van der Waals surface area contributed by atoms with E-state index >= 15 is 0 Å². The summed E-state index contributed by atoms with van der Waals surface area (Å²) in [4.78, 5) is 12.7. The number of hydrogen-bond donors (Lipinski definition) is 2. The molecule has 2 aliphatic rings. The average molecular weight is 431 g/mol. The van der Waals surface area contributed by atoms with Crippen molar-refractivity contribution in [3.63, 3.8) is 0 Å². The lowest BCUT2D eigenvalue weighted by Crippen LogP contribution is -2.29. The fourth-order valence-corrected chi connectivity index (χ4v) is 4.72. The van der Waals surface area contributed by atoms with Gasteiger partial charge in [0.25, 0.3) is 0 Å². The maximum absolute atomic E-state index is 13.7. The molecule has 2 aliphatic carbocycles. The molecule has 164 valence electrons. The van der Waals surface area contributed by atoms with Crippen molar-refractivity contribution < 1.29 is 23.1 Å². The molecule has 0 amide bonds. The van der Waals surface area contributed by atoms with Crippen LogP contribution < -0.4 is 5.32 Å². The number of nitrogens with one attached hydrogen (secondary N) is 1. The van der Waals surface area contributed by atoms with Crippen molar-refractivity contribution in [2.24, 2.45) is 5.41 Å². The molecule has 31 heavy (non-hydrogen) atoms. The number of anilines is 1. The molecule has 0 spiro atoms. The summed E-state index contributed by atoms with van der Waals surface area (Å²) in [6, 6.07) is 6.63. The average Bonchev–Trinajstić information content (AvgIpc) is 3.24. The van der Waals surface area contributed by atoms with Gasteiger partial charge in [-0.2, -0.15) is 18.4 Å². The first-order valence-electron chi connectivity index (χ1n) is 10.3. The Kier molecular flexibility index (Phi) is 5.13. The summed E-state index contributed by atoms with van der Waals surface area (Å²) in [5.41, 5.74) is -0.0499. The van der Waals surface area contributed by atoms with Crippen LogP contribution in [0.4, 0.5) is 18.9 Å². The van der Waals surface area contributed by atoms with Crippen LogP contribution in [0, 0.1) is 16.7 Å². The molecule has 0 aliphatic heterocycles. The Bertz CT molecular complexity index is 1080. The van der Waals surface area contributed by atoms with E-state index in [1.165, 1.54) is 4.57 Å². The number of Topliss-reactive ketones (excluding diaryl/α,β-unsaturated/α-hetero) is 1. The number of nitrogens with zero attached hydrogens (tertiary/aromatic N) is 2. The van der Waals surface area contributed by atoms with Gasteiger partial charge in [0, 0.05) is 24.0 Å². The Morgan fingerprint density at radius 2 is 2.00 bits per heavy atom. The Balaban J connectivity index is 1.84. The Labute approximate surface area is 178 Å². The molecule has 0 unspecified atom stereocenters. The molecule has 0 saturated heterocycles. The molecule has 0 bridgehead atoms. The highest BCUT2D eigenvalue weighted by Crippen LogP contribution is 2.43. The minimum absolute atomic E-state index is 0.0623. The van der Waals surface area contributed by atoms with E-state index < -0.39 is 29.0 Å². The van der Waals surface area contributed by atoms with E-state index in [1.54, 1.807) is 18.2 Å². The third kappa shape index (κ3) is 3.94. The molecule has 2 aromatic rings. The van der Waals surface area contributed by atoms with Crippen LogP contribution in [0.25, 0.3) is 5.69 Å². The second-order valence-corrected chi connectivity index (χ2v) is 9.26. The van der Waals surface area contributed by atoms with Crippen LogP contribution in [-0.2, 0) is 12.6 Å². The summed E-state index contributed by atoms with van der Waals surface area (Å²) in [5, 5.41) is 22.8. The number of alkyl halides is 3. The molecule has 8 heteroatoms. The van der Waals surface area contributed by atoms with Crippen LogP contribution >= 0.6 is 0 Å². The van der Waals surface area contributed by atoms with Crippen molar-refractivity contribution in [1.29, 1.82) is 5.26 Å². The molecule has 1 saturated carbocycles. The van der Waals surface area contributed by atoms with Crippen LogP contribution in [0.2, 0.25) is 0 Å². The number of aromatic nitrogens is 1. The maximum Gasteiger partial charge on any atom is 0.418 e. The van der Waals surface area contributed by atoms with Gasteiger partial charge in [-0.25, -0.2) is 0 Å². The molecule has 2 N–H and O–H groups in total. The van der Waals surface area contributed by atoms with Gasteiger partial charge < -0.3 is 15.0 Å². The molecule has 1 fully saturated rings. The van der Waals surface area contributed by atoms with Gasteiger partial charge in [-0.15, -0.1) is 0 Å². The van der Waals surface area contributed by atoms with E-state index in [1.807, 2.05) is 13.8 Å². The topological polar surface area (TPSA) is 78.0 Å². The summed E-state index contributed by atoms with van der Waals surface area (Å²) >= 11 is 0. The summed E-state index contributed by atoms with van der Waals surface area (Å²) in [6.07, 6.45) is -1.54. The summed E-state index contributed by atoms with van der Waals surface area (Å²) in [6.45, 7) is 3.73. The third-order valence-electron chi connectivity index (χ3n) is 6.20. The molecule has 0 radical (unpaired) electrons. The zero-order valence-corrected chi connectivity index (χ0v) is 17.4. The first-order valence-corrected chi connectivity index (χ1v) is 10.3. The van der Waals surface area contributed by atoms with E-state index in [0.717, 1.165) is 19.0 Å². The Hall–Kier alpha value is -2.79. The molecule has 1 aromatic carbocycles. The lowest BCUT2D eigenvalue weighted by Gasteiger charge is -2.30.